The summed E-state index contributed by atoms with van der Waals surface area (Å²) in [6, 6.07) is 10.8. The molecule has 0 saturated carbocycles. The van der Waals surface area contributed by atoms with Crippen LogP contribution >= 0.6 is 0 Å². The summed E-state index contributed by atoms with van der Waals surface area (Å²) in [4.78, 5) is 11.0. The highest BCUT2D eigenvalue weighted by atomic mass is 19.1. The van der Waals surface area contributed by atoms with Crippen molar-refractivity contribution in [1.82, 2.24) is 15.6 Å². The normalized spacial score (nSPS) is 20.1. The number of hydrogen-bond donors (Lipinski definition) is 2. The number of aromatic nitrogens is 1. The molecule has 1 saturated heterocycles. The molecule has 0 amide bonds. The summed E-state index contributed by atoms with van der Waals surface area (Å²) in [5.74, 6) is 1.35. The second kappa shape index (κ2) is 9.50. The first-order valence-corrected chi connectivity index (χ1v) is 9.58. The van der Waals surface area contributed by atoms with Gasteiger partial charge in [0.2, 0.25) is 0 Å². The Morgan fingerprint density at radius 2 is 1.86 bits per heavy atom. The highest BCUT2D eigenvalue weighted by Crippen LogP contribution is 2.18. The third-order valence-corrected chi connectivity index (χ3v) is 4.64. The van der Waals surface area contributed by atoms with Crippen LogP contribution in [-0.4, -0.2) is 43.3 Å². The molecule has 2 aromatic rings. The first-order chi connectivity index (χ1) is 13.5. The molecule has 0 radical (unpaired) electrons. The van der Waals surface area contributed by atoms with E-state index in [0.717, 1.165) is 24.5 Å². The lowest BCUT2D eigenvalue weighted by Gasteiger charge is -2.36. The number of nitrogens with zero attached hydrogens (tertiary/aromatic N) is 3. The summed E-state index contributed by atoms with van der Waals surface area (Å²) < 4.78 is 19.5. The standard InChI is InChI=1S/C21H28FN5O/c1-15-13-27(14-16(2)28-15)20-9-8-17(10-24-20)11-25-21(23-3)26-12-18-6-4-5-7-19(18)22/h4-10,15-16H,11-14H2,1-3H3,(H2,23,25,26). The molecule has 150 valence electrons. The summed E-state index contributed by atoms with van der Waals surface area (Å²) in [5, 5.41) is 6.36. The van der Waals surface area contributed by atoms with Crippen molar-refractivity contribution in [3.05, 3.63) is 59.5 Å². The molecule has 0 spiro atoms. The molecule has 28 heavy (non-hydrogen) atoms. The van der Waals surface area contributed by atoms with E-state index in [1.54, 1.807) is 19.2 Å². The molecule has 6 nitrogen and oxygen atoms in total. The molecular formula is C21H28FN5O. The molecule has 1 aliphatic rings. The van der Waals surface area contributed by atoms with Gasteiger partial charge in [0.15, 0.2) is 5.96 Å². The van der Waals surface area contributed by atoms with Crippen LogP contribution < -0.4 is 15.5 Å². The molecule has 0 bridgehead atoms. The van der Waals surface area contributed by atoms with Crippen LogP contribution in [0.5, 0.6) is 0 Å². The van der Waals surface area contributed by atoms with Crippen molar-refractivity contribution in [1.29, 1.82) is 0 Å². The fourth-order valence-electron chi connectivity index (χ4n) is 3.30. The number of morpholine rings is 1. The van der Waals surface area contributed by atoms with Gasteiger partial charge in [-0.05, 0) is 31.5 Å². The second-order valence-corrected chi connectivity index (χ2v) is 7.06. The van der Waals surface area contributed by atoms with Crippen molar-refractivity contribution < 1.29 is 9.13 Å². The minimum absolute atomic E-state index is 0.204. The van der Waals surface area contributed by atoms with Gasteiger partial charge in [0, 0.05) is 45.0 Å². The van der Waals surface area contributed by atoms with Crippen LogP contribution in [0.1, 0.15) is 25.0 Å². The Kier molecular flexibility index (Phi) is 6.81. The van der Waals surface area contributed by atoms with E-state index in [0.29, 0.717) is 24.6 Å². The van der Waals surface area contributed by atoms with Crippen LogP contribution in [0.25, 0.3) is 0 Å². The topological polar surface area (TPSA) is 61.8 Å². The first kappa shape index (κ1) is 20.1. The van der Waals surface area contributed by atoms with Gasteiger partial charge < -0.3 is 20.3 Å². The minimum atomic E-state index is -0.225. The lowest BCUT2D eigenvalue weighted by Crippen LogP contribution is -2.45. The van der Waals surface area contributed by atoms with Crippen molar-refractivity contribution in [2.45, 2.75) is 39.1 Å². The predicted octanol–water partition coefficient (Wildman–Crippen LogP) is 2.70. The Labute approximate surface area is 165 Å². The zero-order valence-corrected chi connectivity index (χ0v) is 16.7. The maximum absolute atomic E-state index is 13.7. The molecule has 1 aliphatic heterocycles. The molecule has 2 heterocycles. The van der Waals surface area contributed by atoms with E-state index in [-0.39, 0.29) is 18.0 Å². The third-order valence-electron chi connectivity index (χ3n) is 4.64. The third kappa shape index (κ3) is 5.42. The summed E-state index contributed by atoms with van der Waals surface area (Å²) in [6.45, 7) is 6.82. The minimum Gasteiger partial charge on any atom is -0.372 e. The molecular weight excluding hydrogens is 357 g/mol. The lowest BCUT2D eigenvalue weighted by molar-refractivity contribution is -0.00545. The van der Waals surface area contributed by atoms with Crippen LogP contribution in [0, 0.1) is 5.82 Å². The van der Waals surface area contributed by atoms with Gasteiger partial charge in [-0.15, -0.1) is 0 Å². The number of benzene rings is 1. The fraction of sp³-hybridized carbons (Fsp3) is 0.429. The number of rotatable bonds is 5. The van der Waals surface area contributed by atoms with E-state index in [4.69, 9.17) is 4.74 Å². The molecule has 2 unspecified atom stereocenters. The van der Waals surface area contributed by atoms with Gasteiger partial charge >= 0.3 is 0 Å². The largest absolute Gasteiger partial charge is 0.372 e. The van der Waals surface area contributed by atoms with Crippen LogP contribution in [0.3, 0.4) is 0 Å². The van der Waals surface area contributed by atoms with E-state index < -0.39 is 0 Å². The van der Waals surface area contributed by atoms with Crippen LogP contribution in [0.4, 0.5) is 10.2 Å². The summed E-state index contributed by atoms with van der Waals surface area (Å²) in [5.41, 5.74) is 1.65. The monoisotopic (exact) mass is 385 g/mol. The number of halogens is 1. The van der Waals surface area contributed by atoms with E-state index >= 15 is 0 Å². The number of aliphatic imine (C=N–C) groups is 1. The first-order valence-electron chi connectivity index (χ1n) is 9.58. The molecule has 1 aromatic heterocycles. The highest BCUT2D eigenvalue weighted by Gasteiger charge is 2.22. The lowest BCUT2D eigenvalue weighted by atomic mass is 10.2. The number of anilines is 1. The van der Waals surface area contributed by atoms with Crippen molar-refractivity contribution in [2.75, 3.05) is 25.0 Å². The average molecular weight is 385 g/mol. The molecule has 0 aliphatic carbocycles. The predicted molar refractivity (Wildman–Crippen MR) is 110 cm³/mol. The Balaban J connectivity index is 1.51. The van der Waals surface area contributed by atoms with Crippen molar-refractivity contribution in [3.63, 3.8) is 0 Å². The maximum atomic E-state index is 13.7. The molecule has 3 rings (SSSR count). The van der Waals surface area contributed by atoms with Crippen LogP contribution in [-0.2, 0) is 17.8 Å². The Bertz CT molecular complexity index is 786. The number of nitrogens with one attached hydrogen (secondary N) is 2. The van der Waals surface area contributed by atoms with E-state index in [1.807, 2.05) is 18.3 Å². The summed E-state index contributed by atoms with van der Waals surface area (Å²) in [7, 11) is 1.69. The summed E-state index contributed by atoms with van der Waals surface area (Å²) >= 11 is 0. The van der Waals surface area contributed by atoms with Crippen molar-refractivity contribution >= 4 is 11.8 Å². The van der Waals surface area contributed by atoms with E-state index in [1.165, 1.54) is 6.07 Å². The number of ether oxygens (including phenoxy) is 1. The van der Waals surface area contributed by atoms with Gasteiger partial charge in [-0.1, -0.05) is 24.3 Å². The van der Waals surface area contributed by atoms with Gasteiger partial charge in [-0.25, -0.2) is 9.37 Å². The van der Waals surface area contributed by atoms with Crippen molar-refractivity contribution in [2.24, 2.45) is 4.99 Å². The number of hydrogen-bond acceptors (Lipinski definition) is 4. The Morgan fingerprint density at radius 1 is 1.14 bits per heavy atom. The average Bonchev–Trinajstić information content (AvgIpc) is 2.69. The zero-order valence-electron chi connectivity index (χ0n) is 16.7. The van der Waals surface area contributed by atoms with Gasteiger partial charge in [0.25, 0.3) is 0 Å². The maximum Gasteiger partial charge on any atom is 0.191 e. The Hall–Kier alpha value is -2.67. The quantitative estimate of drug-likeness (QED) is 0.612. The molecule has 2 atom stereocenters. The van der Waals surface area contributed by atoms with Gasteiger partial charge in [-0.3, -0.25) is 4.99 Å². The van der Waals surface area contributed by atoms with Gasteiger partial charge in [-0.2, -0.15) is 0 Å². The zero-order chi connectivity index (χ0) is 19.9. The molecule has 7 heteroatoms. The SMILES string of the molecule is CN=C(NCc1ccc(N2CC(C)OC(C)C2)nc1)NCc1ccccc1F. The van der Waals surface area contributed by atoms with Crippen molar-refractivity contribution in [3.8, 4) is 0 Å². The van der Waals surface area contributed by atoms with Crippen LogP contribution in [0.15, 0.2) is 47.6 Å². The van der Waals surface area contributed by atoms with Gasteiger partial charge in [0.05, 0.1) is 12.2 Å². The summed E-state index contributed by atoms with van der Waals surface area (Å²) in [6.07, 6.45) is 2.28. The molecule has 2 N–H and O–H groups in total. The van der Waals surface area contributed by atoms with Gasteiger partial charge in [0.1, 0.15) is 11.6 Å². The van der Waals surface area contributed by atoms with E-state index in [2.05, 4.69) is 45.4 Å². The molecule has 1 aromatic carbocycles. The fourth-order valence-corrected chi connectivity index (χ4v) is 3.30. The molecule has 1 fully saturated rings. The second-order valence-electron chi connectivity index (χ2n) is 7.06. The van der Waals surface area contributed by atoms with E-state index in [9.17, 15) is 4.39 Å². The number of pyridine rings is 1. The number of guanidine groups is 1. The highest BCUT2D eigenvalue weighted by molar-refractivity contribution is 5.79. The smallest absolute Gasteiger partial charge is 0.191 e. The Morgan fingerprint density at radius 3 is 2.50 bits per heavy atom. The van der Waals surface area contributed by atoms with Crippen LogP contribution in [0.2, 0.25) is 0 Å².